The number of aromatic nitrogens is 2. The third kappa shape index (κ3) is 7.88. The van der Waals surface area contributed by atoms with Crippen LogP contribution in [0.3, 0.4) is 0 Å². The zero-order valence-corrected chi connectivity index (χ0v) is 33.7. The Morgan fingerprint density at radius 3 is 2.23 bits per heavy atom. The van der Waals surface area contributed by atoms with Gasteiger partial charge >= 0.3 is 0 Å². The monoisotopic (exact) mass is 837 g/mol. The summed E-state index contributed by atoms with van der Waals surface area (Å²) in [5.74, 6) is -0.783. The third-order valence-corrected chi connectivity index (χ3v) is 13.4. The van der Waals surface area contributed by atoms with Crippen LogP contribution in [0, 0.1) is 34.9 Å². The van der Waals surface area contributed by atoms with Crippen LogP contribution in [-0.4, -0.2) is 113 Å². The molecule has 17 heteroatoms. The molecule has 3 unspecified atom stereocenters. The lowest BCUT2D eigenvalue weighted by molar-refractivity contribution is -0.136. The minimum absolute atomic E-state index is 0.0134. The Labute approximate surface area is 351 Å². The van der Waals surface area contributed by atoms with E-state index >= 15 is 4.39 Å². The highest BCUT2D eigenvalue weighted by Crippen LogP contribution is 2.39. The van der Waals surface area contributed by atoms with Crippen LogP contribution in [0.25, 0.3) is 0 Å². The molecule has 312 valence electrons. The lowest BCUT2D eigenvalue weighted by Gasteiger charge is -2.34. The summed E-state index contributed by atoms with van der Waals surface area (Å²) in [7, 11) is 0. The molecule has 60 heavy (non-hydrogen) atoms. The van der Waals surface area contributed by atoms with Crippen molar-refractivity contribution in [2.75, 3.05) is 55.6 Å². The van der Waals surface area contributed by atoms with Gasteiger partial charge in [0.2, 0.25) is 17.8 Å². The van der Waals surface area contributed by atoms with E-state index in [0.717, 1.165) is 82.2 Å². The summed E-state index contributed by atoms with van der Waals surface area (Å²) < 4.78 is 21.6. The molecular weight excluding hydrogens is 793 g/mol. The van der Waals surface area contributed by atoms with E-state index in [1.54, 1.807) is 30.6 Å². The van der Waals surface area contributed by atoms with Crippen molar-refractivity contribution in [1.29, 1.82) is 5.26 Å². The van der Waals surface area contributed by atoms with Crippen molar-refractivity contribution in [2.24, 2.45) is 17.8 Å². The fourth-order valence-corrected chi connectivity index (χ4v) is 10.1. The Morgan fingerprint density at radius 2 is 1.58 bits per heavy atom. The average Bonchev–Trinajstić information content (AvgIpc) is 3.88. The Kier molecular flexibility index (Phi) is 10.9. The molecule has 9 rings (SSSR count). The van der Waals surface area contributed by atoms with Gasteiger partial charge in [-0.05, 0) is 87.0 Å². The largest absolute Gasteiger partial charge is 0.490 e. The Bertz CT molecular complexity index is 2260. The average molecular weight is 838 g/mol. The van der Waals surface area contributed by atoms with Gasteiger partial charge in [-0.25, -0.2) is 14.4 Å². The number of amides is 5. The molecule has 15 nitrogen and oxygen atoms in total. The highest BCUT2D eigenvalue weighted by molar-refractivity contribution is 6.31. The number of carbonyl (C=O) groups is 5. The number of piperidine rings is 2. The Balaban J connectivity index is 0.708. The number of imide groups is 2. The van der Waals surface area contributed by atoms with Crippen LogP contribution in [0.4, 0.5) is 16.0 Å². The number of likely N-dealkylation sites (tertiary alicyclic amines) is 1. The Morgan fingerprint density at radius 1 is 0.900 bits per heavy atom. The van der Waals surface area contributed by atoms with Gasteiger partial charge in [-0.15, -0.1) is 0 Å². The predicted octanol–water partition coefficient (Wildman–Crippen LogP) is 3.95. The number of hydrogen-bond donors (Lipinski definition) is 2. The van der Waals surface area contributed by atoms with Gasteiger partial charge in [-0.1, -0.05) is 11.6 Å². The molecule has 4 saturated heterocycles. The number of benzene rings is 2. The SMILES string of the molecule is N#Cc1ccc(O[C@H]2CC[C@H](NC(=O)c3cnc(N4CCC(CN5CC6CN(c7cc8c(cc7F)C(=O)N(C7CCC(=O)NC7=O)C8=O)CC6C5)CC4)nc3)CC2)cc1Cl. The fraction of sp³-hybridized carbons (Fsp3) is 0.488. The number of nitriles is 1. The van der Waals surface area contributed by atoms with Crippen LogP contribution in [0.1, 0.15) is 88.0 Å². The van der Waals surface area contributed by atoms with E-state index in [0.29, 0.717) is 64.4 Å². The second-order valence-corrected chi connectivity index (χ2v) is 17.4. The predicted molar refractivity (Wildman–Crippen MR) is 216 cm³/mol. The summed E-state index contributed by atoms with van der Waals surface area (Å²) in [5, 5.41) is 14.8. The van der Waals surface area contributed by atoms with Gasteiger partial charge in [0.1, 0.15) is 23.7 Å². The van der Waals surface area contributed by atoms with E-state index in [-0.39, 0.29) is 42.0 Å². The van der Waals surface area contributed by atoms with Crippen molar-refractivity contribution in [1.82, 2.24) is 30.4 Å². The minimum Gasteiger partial charge on any atom is -0.490 e. The van der Waals surface area contributed by atoms with E-state index in [1.807, 2.05) is 11.0 Å². The highest BCUT2D eigenvalue weighted by atomic mass is 35.5. The molecular formula is C43H45ClFN9O6. The Hall–Kier alpha value is -5.66. The lowest BCUT2D eigenvalue weighted by atomic mass is 9.92. The summed E-state index contributed by atoms with van der Waals surface area (Å²) in [6.07, 6.45) is 8.40. The van der Waals surface area contributed by atoms with Crippen molar-refractivity contribution in [3.05, 3.63) is 75.8 Å². The van der Waals surface area contributed by atoms with Crippen molar-refractivity contribution < 1.29 is 33.1 Å². The molecule has 1 aliphatic carbocycles. The molecule has 1 aromatic heterocycles. The van der Waals surface area contributed by atoms with Gasteiger partial charge < -0.3 is 24.8 Å². The molecule has 2 N–H and O–H groups in total. The molecule has 3 aromatic rings. The van der Waals surface area contributed by atoms with Crippen molar-refractivity contribution in [3.8, 4) is 11.8 Å². The summed E-state index contributed by atoms with van der Waals surface area (Å²) >= 11 is 6.15. The number of nitrogens with zero attached hydrogens (tertiary/aromatic N) is 7. The molecule has 2 aromatic carbocycles. The number of ether oxygens (including phenoxy) is 1. The summed E-state index contributed by atoms with van der Waals surface area (Å²) in [6, 6.07) is 8.63. The van der Waals surface area contributed by atoms with Gasteiger partial charge in [0, 0.05) is 76.7 Å². The second kappa shape index (κ2) is 16.4. The van der Waals surface area contributed by atoms with Crippen LogP contribution in [0.5, 0.6) is 5.75 Å². The highest BCUT2D eigenvalue weighted by Gasteiger charge is 2.47. The molecule has 0 spiro atoms. The number of nitrogens with one attached hydrogen (secondary N) is 2. The summed E-state index contributed by atoms with van der Waals surface area (Å²) in [4.78, 5) is 80.3. The van der Waals surface area contributed by atoms with Crippen molar-refractivity contribution in [3.63, 3.8) is 0 Å². The van der Waals surface area contributed by atoms with Crippen LogP contribution in [-0.2, 0) is 9.59 Å². The van der Waals surface area contributed by atoms with Crippen LogP contribution in [0.2, 0.25) is 5.02 Å². The smallest absolute Gasteiger partial charge is 0.262 e. The summed E-state index contributed by atoms with van der Waals surface area (Å²) in [5.41, 5.74) is 1.16. The number of fused-ring (bicyclic) bond motifs is 2. The number of hydrogen-bond acceptors (Lipinski definition) is 12. The first-order chi connectivity index (χ1) is 29.0. The fourth-order valence-electron chi connectivity index (χ4n) is 9.89. The molecule has 0 bridgehead atoms. The van der Waals surface area contributed by atoms with E-state index in [9.17, 15) is 24.0 Å². The number of carbonyl (C=O) groups excluding carboxylic acids is 5. The first-order valence-electron chi connectivity index (χ1n) is 20.8. The van der Waals surface area contributed by atoms with Gasteiger partial charge in [0.25, 0.3) is 17.7 Å². The first-order valence-corrected chi connectivity index (χ1v) is 21.2. The van der Waals surface area contributed by atoms with E-state index in [2.05, 4.69) is 30.4 Å². The molecule has 5 fully saturated rings. The molecule has 5 amide bonds. The van der Waals surface area contributed by atoms with E-state index in [4.69, 9.17) is 21.6 Å². The lowest BCUT2D eigenvalue weighted by Crippen LogP contribution is -2.54. The van der Waals surface area contributed by atoms with Gasteiger partial charge in [-0.2, -0.15) is 5.26 Å². The molecule has 6 heterocycles. The van der Waals surface area contributed by atoms with Gasteiger partial charge in [0.15, 0.2) is 0 Å². The van der Waals surface area contributed by atoms with Crippen LogP contribution in [0.15, 0.2) is 42.7 Å². The topological polar surface area (TPSA) is 181 Å². The molecule has 5 aliphatic heterocycles. The molecule has 0 radical (unpaired) electrons. The third-order valence-electron chi connectivity index (χ3n) is 13.1. The van der Waals surface area contributed by atoms with Crippen LogP contribution >= 0.6 is 11.6 Å². The number of halogens is 2. The second-order valence-electron chi connectivity index (χ2n) is 17.0. The van der Waals surface area contributed by atoms with E-state index < -0.39 is 35.5 Å². The standard InChI is InChI=1S/C43H45ClFN9O6/c44-34-13-31(4-1-25(34)16-46)60-30-5-2-29(3-6-30)49-39(56)26-17-47-43(48-18-26)52-11-9-24(10-12-52)19-51-20-27-22-53(23-28(27)21-51)37-15-33-32(14-35(37)45)41(58)54(42(33)59)36-7-8-38(55)50-40(36)57/h1,4,13-15,17-18,24,27-30,36H,2-3,5-12,19-23H2,(H,49,56)(H,50,55,57)/t27?,28?,29-,30-,36?. The molecule has 3 atom stereocenters. The maximum atomic E-state index is 15.5. The molecule has 1 saturated carbocycles. The molecule has 6 aliphatic rings. The summed E-state index contributed by atoms with van der Waals surface area (Å²) in [6.45, 7) is 5.74. The maximum Gasteiger partial charge on any atom is 0.262 e. The minimum atomic E-state index is -1.10. The maximum absolute atomic E-state index is 15.5. The first kappa shape index (κ1) is 39.8. The zero-order chi connectivity index (χ0) is 41.7. The normalized spacial score (nSPS) is 25.9. The van der Waals surface area contributed by atoms with Crippen LogP contribution < -0.4 is 25.2 Å². The quantitative estimate of drug-likeness (QED) is 0.297. The van der Waals surface area contributed by atoms with Crippen molar-refractivity contribution in [2.45, 2.75) is 69.6 Å². The van der Waals surface area contributed by atoms with Crippen molar-refractivity contribution >= 4 is 52.8 Å². The number of rotatable bonds is 9. The zero-order valence-electron chi connectivity index (χ0n) is 32.9. The number of anilines is 2. The van der Waals surface area contributed by atoms with Gasteiger partial charge in [0.05, 0.1) is 39.1 Å². The van der Waals surface area contributed by atoms with Gasteiger partial charge in [-0.3, -0.25) is 34.2 Å². The van der Waals surface area contributed by atoms with E-state index in [1.165, 1.54) is 6.07 Å².